The first-order chi connectivity index (χ1) is 18.3. The molecule has 1 aliphatic heterocycles. The Morgan fingerprint density at radius 3 is 2.68 bits per heavy atom. The first kappa shape index (κ1) is 25.0. The number of rotatable bonds is 8. The lowest BCUT2D eigenvalue weighted by atomic mass is 9.95. The Bertz CT molecular complexity index is 1620. The number of methoxy groups -OCH3 is 1. The molecule has 1 N–H and O–H groups in total. The largest absolute Gasteiger partial charge is 0.503 e. The summed E-state index contributed by atoms with van der Waals surface area (Å²) in [5, 5.41) is 11.8. The lowest BCUT2D eigenvalue weighted by Gasteiger charge is -2.24. The van der Waals surface area contributed by atoms with Gasteiger partial charge < -0.3 is 19.0 Å². The number of thiazole rings is 1. The van der Waals surface area contributed by atoms with Crippen molar-refractivity contribution in [3.8, 4) is 5.75 Å². The molecule has 1 aliphatic rings. The summed E-state index contributed by atoms with van der Waals surface area (Å²) in [5.74, 6) is -2.44. The summed E-state index contributed by atoms with van der Waals surface area (Å²) >= 11 is 0.934. The van der Waals surface area contributed by atoms with Gasteiger partial charge in [-0.05, 0) is 24.6 Å². The summed E-state index contributed by atoms with van der Waals surface area (Å²) in [6.07, 6.45) is 1.44. The molecule has 2 aromatic heterocycles. The van der Waals surface area contributed by atoms with Crippen molar-refractivity contribution in [1.82, 2.24) is 4.98 Å². The van der Waals surface area contributed by atoms with Gasteiger partial charge in [0, 0.05) is 5.39 Å². The van der Waals surface area contributed by atoms with Crippen molar-refractivity contribution in [2.24, 2.45) is 0 Å². The van der Waals surface area contributed by atoms with E-state index in [4.69, 9.17) is 13.9 Å². The van der Waals surface area contributed by atoms with Crippen molar-refractivity contribution in [2.75, 3.05) is 18.6 Å². The zero-order valence-corrected chi connectivity index (χ0v) is 21.3. The van der Waals surface area contributed by atoms with Crippen molar-refractivity contribution in [3.05, 3.63) is 100 Å². The minimum absolute atomic E-state index is 0.0179. The number of hydrogen-bond donors (Lipinski definition) is 1. The summed E-state index contributed by atoms with van der Waals surface area (Å²) in [4.78, 5) is 45.6. The standard InChI is InChI=1S/C28H22N2O7S/c1-4-13-36-27(34)25-15(2)29-28(38-25)30-21(16-9-6-5-7-10-16)20(23(32)26(30)33)22(31)19-14-17-11-8-12-18(35-3)24(17)37-19/h4-12,14,21,32H,1,13H2,2-3H3. The number of furan rings is 1. The van der Waals surface area contributed by atoms with E-state index in [9.17, 15) is 19.5 Å². The molecule has 3 heterocycles. The molecule has 0 saturated heterocycles. The van der Waals surface area contributed by atoms with Gasteiger partial charge in [-0.1, -0.05) is 66.5 Å². The third kappa shape index (κ3) is 4.14. The number of aliphatic hydroxyl groups excluding tert-OH is 1. The van der Waals surface area contributed by atoms with Crippen LogP contribution in [0.25, 0.3) is 11.0 Å². The maximum absolute atomic E-state index is 13.8. The number of benzene rings is 2. The Morgan fingerprint density at radius 2 is 1.97 bits per heavy atom. The molecule has 2 aromatic carbocycles. The highest BCUT2D eigenvalue weighted by Gasteiger charge is 2.47. The van der Waals surface area contributed by atoms with Gasteiger partial charge in [-0.3, -0.25) is 14.5 Å². The van der Waals surface area contributed by atoms with Crippen molar-refractivity contribution in [3.63, 3.8) is 0 Å². The van der Waals surface area contributed by atoms with Gasteiger partial charge in [0.1, 0.15) is 11.5 Å². The smallest absolute Gasteiger partial charge is 0.350 e. The van der Waals surface area contributed by atoms with Gasteiger partial charge in [0.15, 0.2) is 28.0 Å². The first-order valence-corrected chi connectivity index (χ1v) is 12.4. The second-order valence-corrected chi connectivity index (χ2v) is 9.34. The van der Waals surface area contributed by atoms with E-state index in [1.165, 1.54) is 24.2 Å². The van der Waals surface area contributed by atoms with Gasteiger partial charge >= 0.3 is 5.97 Å². The molecule has 192 valence electrons. The molecule has 1 amide bonds. The molecule has 38 heavy (non-hydrogen) atoms. The molecular weight excluding hydrogens is 508 g/mol. The van der Waals surface area contributed by atoms with Crippen LogP contribution in [0.2, 0.25) is 0 Å². The molecule has 0 aliphatic carbocycles. The predicted octanol–water partition coefficient (Wildman–Crippen LogP) is 5.33. The van der Waals surface area contributed by atoms with E-state index in [-0.39, 0.29) is 27.9 Å². The van der Waals surface area contributed by atoms with Crippen LogP contribution in [-0.2, 0) is 9.53 Å². The molecule has 1 atom stereocenters. The van der Waals surface area contributed by atoms with E-state index in [0.29, 0.717) is 28.0 Å². The van der Waals surface area contributed by atoms with Crippen LogP contribution >= 0.6 is 11.3 Å². The highest BCUT2D eigenvalue weighted by molar-refractivity contribution is 7.17. The number of carbonyl (C=O) groups excluding carboxylic acids is 3. The number of nitrogens with zero attached hydrogens (tertiary/aromatic N) is 2. The highest BCUT2D eigenvalue weighted by Crippen LogP contribution is 2.44. The number of ether oxygens (including phenoxy) is 2. The van der Waals surface area contributed by atoms with E-state index >= 15 is 0 Å². The molecule has 0 spiro atoms. The van der Waals surface area contributed by atoms with Crippen molar-refractivity contribution >= 4 is 45.1 Å². The Labute approximate surface area is 221 Å². The predicted molar refractivity (Wildman–Crippen MR) is 141 cm³/mol. The molecule has 0 bridgehead atoms. The van der Waals surface area contributed by atoms with Crippen LogP contribution < -0.4 is 9.64 Å². The fourth-order valence-electron chi connectivity index (χ4n) is 4.30. The second kappa shape index (κ2) is 9.98. The van der Waals surface area contributed by atoms with Crippen LogP contribution in [0.4, 0.5) is 5.13 Å². The van der Waals surface area contributed by atoms with Crippen LogP contribution in [0.5, 0.6) is 5.75 Å². The van der Waals surface area contributed by atoms with Gasteiger partial charge in [0.25, 0.3) is 5.91 Å². The minimum Gasteiger partial charge on any atom is -0.503 e. The van der Waals surface area contributed by atoms with E-state index < -0.39 is 29.5 Å². The SMILES string of the molecule is C=CCOC(=O)c1sc(N2C(=O)C(O)=C(C(=O)c3cc4cccc(OC)c4o3)C2c2ccccc2)nc1C. The summed E-state index contributed by atoms with van der Waals surface area (Å²) < 4.78 is 16.3. The highest BCUT2D eigenvalue weighted by atomic mass is 32.1. The van der Waals surface area contributed by atoms with Crippen LogP contribution in [0, 0.1) is 6.92 Å². The molecular formula is C28H22N2O7S. The maximum Gasteiger partial charge on any atom is 0.350 e. The quantitative estimate of drug-likeness (QED) is 0.184. The molecule has 4 aromatic rings. The number of Topliss-reactive ketones (excluding diaryl/α,β-unsaturated/α-hetero) is 1. The first-order valence-electron chi connectivity index (χ1n) is 11.5. The number of esters is 1. The summed E-state index contributed by atoms with van der Waals surface area (Å²) in [7, 11) is 1.49. The zero-order valence-electron chi connectivity index (χ0n) is 20.5. The monoisotopic (exact) mass is 530 g/mol. The number of anilines is 1. The normalized spacial score (nSPS) is 15.3. The fourth-order valence-corrected chi connectivity index (χ4v) is 5.29. The molecule has 5 rings (SSSR count). The number of amides is 1. The average Bonchev–Trinajstić information content (AvgIpc) is 3.61. The van der Waals surface area contributed by atoms with Gasteiger partial charge in [-0.2, -0.15) is 0 Å². The number of fused-ring (bicyclic) bond motifs is 1. The number of carbonyl (C=O) groups is 3. The summed E-state index contributed by atoms with van der Waals surface area (Å²) in [6, 6.07) is 14.5. The van der Waals surface area contributed by atoms with Crippen molar-refractivity contribution in [1.29, 1.82) is 0 Å². The molecule has 9 nitrogen and oxygen atoms in total. The number of hydrogen-bond acceptors (Lipinski definition) is 9. The van der Waals surface area contributed by atoms with E-state index in [2.05, 4.69) is 11.6 Å². The van der Waals surface area contributed by atoms with Crippen LogP contribution in [0.3, 0.4) is 0 Å². The lowest BCUT2D eigenvalue weighted by molar-refractivity contribution is -0.117. The lowest BCUT2D eigenvalue weighted by Crippen LogP contribution is -2.31. The molecule has 0 fully saturated rings. The summed E-state index contributed by atoms with van der Waals surface area (Å²) in [5.41, 5.74) is 1.12. The van der Waals surface area contributed by atoms with Gasteiger partial charge in [0.2, 0.25) is 5.78 Å². The Hall–Kier alpha value is -4.70. The minimum atomic E-state index is -1.02. The van der Waals surface area contributed by atoms with Gasteiger partial charge in [-0.15, -0.1) is 0 Å². The van der Waals surface area contributed by atoms with Crippen molar-refractivity contribution in [2.45, 2.75) is 13.0 Å². The second-order valence-electron chi connectivity index (χ2n) is 8.37. The average molecular weight is 531 g/mol. The van der Waals surface area contributed by atoms with E-state index in [0.717, 1.165) is 11.3 Å². The number of ketones is 1. The van der Waals surface area contributed by atoms with Crippen LogP contribution in [0.1, 0.15) is 37.5 Å². The van der Waals surface area contributed by atoms with Crippen molar-refractivity contribution < 1.29 is 33.4 Å². The fraction of sp³-hybridized carbons (Fsp3) is 0.143. The van der Waals surface area contributed by atoms with E-state index in [1.807, 2.05) is 0 Å². The topological polar surface area (TPSA) is 119 Å². The zero-order chi connectivity index (χ0) is 27.0. The Morgan fingerprint density at radius 1 is 1.21 bits per heavy atom. The third-order valence-electron chi connectivity index (χ3n) is 6.03. The molecule has 10 heteroatoms. The Balaban J connectivity index is 1.61. The molecule has 0 saturated carbocycles. The third-order valence-corrected chi connectivity index (χ3v) is 7.17. The van der Waals surface area contributed by atoms with Crippen LogP contribution in [0.15, 0.2) is 83.0 Å². The summed E-state index contributed by atoms with van der Waals surface area (Å²) in [6.45, 7) is 5.16. The maximum atomic E-state index is 13.8. The van der Waals surface area contributed by atoms with Crippen LogP contribution in [-0.4, -0.2) is 41.5 Å². The van der Waals surface area contributed by atoms with E-state index in [1.54, 1.807) is 55.5 Å². The van der Waals surface area contributed by atoms with Gasteiger partial charge in [0.05, 0.1) is 24.4 Å². The molecule has 0 radical (unpaired) electrons. The number of aliphatic hydroxyl groups is 1. The number of aryl methyl sites for hydroxylation is 1. The number of aromatic nitrogens is 1. The van der Waals surface area contributed by atoms with Gasteiger partial charge in [-0.25, -0.2) is 9.78 Å². The number of para-hydroxylation sites is 1. The Kier molecular flexibility index (Phi) is 6.56. The molecule has 1 unspecified atom stereocenters.